The molecule has 168 valence electrons. The summed E-state index contributed by atoms with van der Waals surface area (Å²) in [5, 5.41) is 8.36. The number of amides is 1. The van der Waals surface area contributed by atoms with Crippen molar-refractivity contribution in [3.63, 3.8) is 0 Å². The summed E-state index contributed by atoms with van der Waals surface area (Å²) in [5.41, 5.74) is 2.92. The Morgan fingerprint density at radius 2 is 2.03 bits per heavy atom. The SMILES string of the molecule is CCN1CCC1C(=O)NC1CCC(Nc2cc(-c3c[nH]c4ncccc34)cc(Cl)n2)CC1. The van der Waals surface area contributed by atoms with E-state index in [1.807, 2.05) is 24.4 Å². The van der Waals surface area contributed by atoms with E-state index in [1.165, 1.54) is 0 Å². The minimum absolute atomic E-state index is 0.0737. The average molecular weight is 453 g/mol. The summed E-state index contributed by atoms with van der Waals surface area (Å²) >= 11 is 6.36. The fourth-order valence-electron chi connectivity index (χ4n) is 4.93. The third-order valence-corrected chi connectivity index (χ3v) is 7.01. The molecule has 1 aliphatic heterocycles. The molecule has 3 N–H and O–H groups in total. The number of carbonyl (C=O) groups is 1. The Morgan fingerprint density at radius 3 is 2.78 bits per heavy atom. The van der Waals surface area contributed by atoms with Gasteiger partial charge in [0.25, 0.3) is 0 Å². The number of aromatic nitrogens is 3. The quantitative estimate of drug-likeness (QED) is 0.488. The van der Waals surface area contributed by atoms with Crippen LogP contribution >= 0.6 is 11.6 Å². The molecule has 2 fully saturated rings. The maximum absolute atomic E-state index is 12.5. The van der Waals surface area contributed by atoms with Gasteiger partial charge >= 0.3 is 0 Å². The molecule has 0 spiro atoms. The Balaban J connectivity index is 1.21. The van der Waals surface area contributed by atoms with Crippen LogP contribution < -0.4 is 10.6 Å². The standard InChI is InChI=1S/C24H29ClN6O/c1-2-31-11-9-20(31)24(32)29-17-7-5-16(6-8-17)28-22-13-15(12-21(25)30-22)19-14-27-23-18(19)4-3-10-26-23/h3-4,10,12-14,16-17,20H,2,5-9,11H2,1H3,(H,26,27)(H,28,30)(H,29,32). The number of likely N-dealkylation sites (tertiary alicyclic amines) is 1. The maximum Gasteiger partial charge on any atom is 0.237 e. The Kier molecular flexibility index (Phi) is 6.02. The van der Waals surface area contributed by atoms with E-state index < -0.39 is 0 Å². The van der Waals surface area contributed by atoms with Crippen LogP contribution in [0.2, 0.25) is 5.15 Å². The highest BCUT2D eigenvalue weighted by Gasteiger charge is 2.34. The molecule has 1 saturated heterocycles. The van der Waals surface area contributed by atoms with E-state index in [1.54, 1.807) is 6.20 Å². The maximum atomic E-state index is 12.5. The molecule has 0 aromatic carbocycles. The second-order valence-corrected chi connectivity index (χ2v) is 9.19. The van der Waals surface area contributed by atoms with Crippen LogP contribution in [0.4, 0.5) is 5.82 Å². The lowest BCUT2D eigenvalue weighted by molar-refractivity contribution is -0.131. The van der Waals surface area contributed by atoms with E-state index >= 15 is 0 Å². The molecule has 0 radical (unpaired) electrons. The van der Waals surface area contributed by atoms with E-state index in [-0.39, 0.29) is 18.0 Å². The van der Waals surface area contributed by atoms with Gasteiger partial charge in [-0.1, -0.05) is 18.5 Å². The van der Waals surface area contributed by atoms with Gasteiger partial charge in [0.1, 0.15) is 16.6 Å². The first kappa shape index (κ1) is 21.2. The van der Waals surface area contributed by atoms with E-state index in [9.17, 15) is 4.79 Å². The second kappa shape index (κ2) is 9.08. The van der Waals surface area contributed by atoms with Gasteiger partial charge in [-0.05, 0) is 68.5 Å². The molecule has 1 aliphatic carbocycles. The zero-order valence-corrected chi connectivity index (χ0v) is 19.0. The van der Waals surface area contributed by atoms with Gasteiger partial charge in [-0.25, -0.2) is 9.97 Å². The van der Waals surface area contributed by atoms with Crippen LogP contribution in [-0.2, 0) is 4.79 Å². The van der Waals surface area contributed by atoms with Crippen molar-refractivity contribution in [2.24, 2.45) is 0 Å². The number of fused-ring (bicyclic) bond motifs is 1. The summed E-state index contributed by atoms with van der Waals surface area (Å²) in [6.45, 7) is 4.09. The molecule has 1 saturated carbocycles. The van der Waals surface area contributed by atoms with Gasteiger partial charge in [0.05, 0.1) is 6.04 Å². The highest BCUT2D eigenvalue weighted by molar-refractivity contribution is 6.29. The van der Waals surface area contributed by atoms with Crippen LogP contribution in [0.1, 0.15) is 39.0 Å². The predicted octanol–water partition coefficient (Wildman–Crippen LogP) is 4.21. The number of aromatic amines is 1. The first-order chi connectivity index (χ1) is 15.6. The number of nitrogens with one attached hydrogen (secondary N) is 3. The van der Waals surface area contributed by atoms with Gasteiger partial charge in [0.15, 0.2) is 0 Å². The predicted molar refractivity (Wildman–Crippen MR) is 128 cm³/mol. The minimum atomic E-state index is 0.0737. The van der Waals surface area contributed by atoms with Crippen LogP contribution in [0.3, 0.4) is 0 Å². The van der Waals surface area contributed by atoms with Crippen molar-refractivity contribution in [1.82, 2.24) is 25.2 Å². The summed E-state index contributed by atoms with van der Waals surface area (Å²) in [4.78, 5) is 26.8. The van der Waals surface area contributed by atoms with Crippen LogP contribution in [0.15, 0.2) is 36.7 Å². The number of hydrogen-bond acceptors (Lipinski definition) is 5. The molecule has 1 unspecified atom stereocenters. The van der Waals surface area contributed by atoms with Crippen molar-refractivity contribution in [3.8, 4) is 11.1 Å². The number of anilines is 1. The van der Waals surface area contributed by atoms with E-state index in [0.717, 1.165) is 73.2 Å². The fourth-order valence-corrected chi connectivity index (χ4v) is 5.13. The number of nitrogens with zero attached hydrogens (tertiary/aromatic N) is 3. The van der Waals surface area contributed by atoms with E-state index in [2.05, 4.69) is 43.5 Å². The molecule has 1 atom stereocenters. The van der Waals surface area contributed by atoms with Crippen LogP contribution in [0.25, 0.3) is 22.2 Å². The van der Waals surface area contributed by atoms with Crippen molar-refractivity contribution in [2.75, 3.05) is 18.4 Å². The zero-order chi connectivity index (χ0) is 22.1. The monoisotopic (exact) mass is 452 g/mol. The van der Waals surface area contributed by atoms with Gasteiger partial charge in [-0.3, -0.25) is 9.69 Å². The van der Waals surface area contributed by atoms with Crippen LogP contribution in [0, 0.1) is 0 Å². The van der Waals surface area contributed by atoms with E-state index in [0.29, 0.717) is 11.2 Å². The third-order valence-electron chi connectivity index (χ3n) is 6.82. The summed E-state index contributed by atoms with van der Waals surface area (Å²) in [7, 11) is 0. The summed E-state index contributed by atoms with van der Waals surface area (Å²) in [6.07, 6.45) is 8.66. The average Bonchev–Trinajstić information content (AvgIpc) is 3.18. The van der Waals surface area contributed by atoms with Crippen LogP contribution in [0.5, 0.6) is 0 Å². The zero-order valence-electron chi connectivity index (χ0n) is 18.3. The number of rotatable bonds is 6. The van der Waals surface area contributed by atoms with Gasteiger partial charge in [-0.2, -0.15) is 0 Å². The Hall–Kier alpha value is -2.64. The van der Waals surface area contributed by atoms with Crippen LogP contribution in [-0.4, -0.2) is 57.0 Å². The molecule has 1 amide bonds. The number of pyridine rings is 2. The Morgan fingerprint density at radius 1 is 1.22 bits per heavy atom. The molecule has 8 heteroatoms. The Labute approximate surface area is 193 Å². The number of halogens is 1. The largest absolute Gasteiger partial charge is 0.367 e. The lowest BCUT2D eigenvalue weighted by atomic mass is 9.90. The topological polar surface area (TPSA) is 85.9 Å². The van der Waals surface area contributed by atoms with Crippen molar-refractivity contribution in [3.05, 3.63) is 41.8 Å². The lowest BCUT2D eigenvalue weighted by Crippen LogP contribution is -2.57. The molecule has 2 aliphatic rings. The number of likely N-dealkylation sites (N-methyl/N-ethyl adjacent to an activating group) is 1. The molecular weight excluding hydrogens is 424 g/mol. The van der Waals surface area contributed by atoms with E-state index in [4.69, 9.17) is 11.6 Å². The molecule has 3 aromatic rings. The van der Waals surface area contributed by atoms with Crippen molar-refractivity contribution in [2.45, 2.75) is 57.2 Å². The van der Waals surface area contributed by atoms with Crippen molar-refractivity contribution in [1.29, 1.82) is 0 Å². The summed E-state index contributed by atoms with van der Waals surface area (Å²) in [6, 6.07) is 8.58. The first-order valence-electron chi connectivity index (χ1n) is 11.5. The number of carbonyl (C=O) groups excluding carboxylic acids is 1. The van der Waals surface area contributed by atoms with Gasteiger partial charge in [0.2, 0.25) is 5.91 Å². The van der Waals surface area contributed by atoms with Gasteiger partial charge in [-0.15, -0.1) is 0 Å². The highest BCUT2D eigenvalue weighted by Crippen LogP contribution is 2.31. The molecule has 5 rings (SSSR count). The highest BCUT2D eigenvalue weighted by atomic mass is 35.5. The molecule has 0 bridgehead atoms. The third kappa shape index (κ3) is 4.32. The van der Waals surface area contributed by atoms with Gasteiger partial charge < -0.3 is 15.6 Å². The first-order valence-corrected chi connectivity index (χ1v) is 11.9. The fraction of sp³-hybridized carbons (Fsp3) is 0.458. The molecule has 3 aromatic heterocycles. The summed E-state index contributed by atoms with van der Waals surface area (Å²) in [5.74, 6) is 0.982. The molecule has 32 heavy (non-hydrogen) atoms. The Bertz CT molecular complexity index is 1100. The normalized spacial score (nSPS) is 23.6. The second-order valence-electron chi connectivity index (χ2n) is 8.80. The van der Waals surface area contributed by atoms with Crippen molar-refractivity contribution < 1.29 is 4.79 Å². The van der Waals surface area contributed by atoms with Gasteiger partial charge in [0, 0.05) is 42.0 Å². The summed E-state index contributed by atoms with van der Waals surface area (Å²) < 4.78 is 0. The minimum Gasteiger partial charge on any atom is -0.367 e. The number of H-pyrrole nitrogens is 1. The molecular formula is C24H29ClN6O. The smallest absolute Gasteiger partial charge is 0.237 e. The number of hydrogen-bond donors (Lipinski definition) is 3. The molecule has 7 nitrogen and oxygen atoms in total. The molecule has 4 heterocycles. The van der Waals surface area contributed by atoms with Crippen molar-refractivity contribution >= 4 is 34.4 Å². The lowest BCUT2D eigenvalue weighted by Gasteiger charge is -2.40.